The summed E-state index contributed by atoms with van der Waals surface area (Å²) in [6.07, 6.45) is 7.98. The van der Waals surface area contributed by atoms with Gasteiger partial charge < -0.3 is 15.1 Å². The maximum absolute atomic E-state index is 14.3. The highest BCUT2D eigenvalue weighted by Gasteiger charge is 2.42. The fourth-order valence-corrected chi connectivity index (χ4v) is 11.2. The van der Waals surface area contributed by atoms with E-state index in [1.165, 1.54) is 0 Å². The Bertz CT molecular complexity index is 1520. The maximum Gasteiger partial charge on any atom is 0.247 e. The number of thioether (sulfide) groups is 2. The average Bonchev–Trinajstić information content (AvgIpc) is 3.43. The van der Waals surface area contributed by atoms with Gasteiger partial charge in [0.15, 0.2) is 0 Å². The average molecular weight is 740 g/mol. The SMILES string of the molecule is N#C[C@@H]1CCC[C@@H]2SCC[C@H](CC(=O)[C@H](CC[C@H](Cc3ccccc3)C(=O)N[C@H]3CCS[C@H]4CCC[C@@H](C#N)N4C3=O)Cc3ccccc3)C(=O)N12. The van der Waals surface area contributed by atoms with Crippen molar-refractivity contribution in [2.24, 2.45) is 17.8 Å². The first kappa shape index (κ1) is 37.9. The number of fused-ring (bicyclic) bond motifs is 2. The molecule has 9 nitrogen and oxygen atoms in total. The number of amides is 3. The molecule has 2 aromatic carbocycles. The summed E-state index contributed by atoms with van der Waals surface area (Å²) in [5.41, 5.74) is 2.03. The van der Waals surface area contributed by atoms with Gasteiger partial charge in [-0.05, 0) is 99.7 Å². The molecule has 0 aliphatic carbocycles. The topological polar surface area (TPSA) is 134 Å². The van der Waals surface area contributed by atoms with E-state index >= 15 is 0 Å². The van der Waals surface area contributed by atoms with Crippen LogP contribution in [0.5, 0.6) is 0 Å². The van der Waals surface area contributed by atoms with Crippen LogP contribution in [0.15, 0.2) is 60.7 Å². The normalized spacial score (nSPS) is 27.4. The first-order valence-corrected chi connectivity index (χ1v) is 21.0. The van der Waals surface area contributed by atoms with Crippen molar-refractivity contribution in [3.63, 3.8) is 0 Å². The third-order valence-electron chi connectivity index (χ3n) is 11.2. The highest BCUT2D eigenvalue weighted by Crippen LogP contribution is 2.38. The Labute approximate surface area is 316 Å². The first-order valence-electron chi connectivity index (χ1n) is 18.9. The van der Waals surface area contributed by atoms with Crippen LogP contribution in [0.2, 0.25) is 0 Å². The molecule has 0 bridgehead atoms. The molecule has 0 unspecified atom stereocenters. The molecule has 0 saturated carbocycles. The lowest BCUT2D eigenvalue weighted by Crippen LogP contribution is -2.55. The quantitative estimate of drug-likeness (QED) is 0.269. The molecular formula is C41H49N5O4S2. The summed E-state index contributed by atoms with van der Waals surface area (Å²) in [6.45, 7) is 0. The highest BCUT2D eigenvalue weighted by atomic mass is 32.2. The number of carbonyl (C=O) groups excluding carboxylic acids is 4. The number of nitrogens with zero attached hydrogens (tertiary/aromatic N) is 4. The van der Waals surface area contributed by atoms with Gasteiger partial charge in [0, 0.05) is 24.2 Å². The largest absolute Gasteiger partial charge is 0.344 e. The fraction of sp³-hybridized carbons (Fsp3) is 0.561. The smallest absolute Gasteiger partial charge is 0.247 e. The van der Waals surface area contributed by atoms with Crippen LogP contribution in [0.25, 0.3) is 0 Å². The van der Waals surface area contributed by atoms with E-state index in [0.29, 0.717) is 51.4 Å². The molecule has 4 aliphatic heterocycles. The molecule has 3 amide bonds. The van der Waals surface area contributed by atoms with Crippen molar-refractivity contribution in [1.29, 1.82) is 10.5 Å². The molecule has 8 atom stereocenters. The molecule has 0 spiro atoms. The van der Waals surface area contributed by atoms with Gasteiger partial charge in [0.1, 0.15) is 23.9 Å². The van der Waals surface area contributed by atoms with Crippen molar-refractivity contribution in [2.75, 3.05) is 11.5 Å². The van der Waals surface area contributed by atoms with E-state index in [-0.39, 0.29) is 40.7 Å². The van der Waals surface area contributed by atoms with Crippen LogP contribution in [0.1, 0.15) is 81.8 Å². The number of hydrogen-bond acceptors (Lipinski definition) is 8. The lowest BCUT2D eigenvalue weighted by atomic mass is 9.82. The van der Waals surface area contributed by atoms with Crippen LogP contribution in [0.3, 0.4) is 0 Å². The van der Waals surface area contributed by atoms with Crippen LogP contribution in [-0.4, -0.2) is 73.7 Å². The second kappa shape index (κ2) is 18.3. The van der Waals surface area contributed by atoms with Gasteiger partial charge in [-0.1, -0.05) is 60.7 Å². The maximum atomic E-state index is 14.3. The van der Waals surface area contributed by atoms with Gasteiger partial charge in [-0.3, -0.25) is 19.2 Å². The lowest BCUT2D eigenvalue weighted by Gasteiger charge is -2.38. The van der Waals surface area contributed by atoms with E-state index in [0.717, 1.165) is 48.3 Å². The Morgan fingerprint density at radius 3 is 1.81 bits per heavy atom. The molecule has 6 rings (SSSR count). The van der Waals surface area contributed by atoms with Gasteiger partial charge in [-0.25, -0.2) is 0 Å². The molecule has 4 heterocycles. The third-order valence-corrected chi connectivity index (χ3v) is 13.8. The number of ketones is 1. The molecule has 1 N–H and O–H groups in total. The molecule has 0 aromatic heterocycles. The van der Waals surface area contributed by atoms with Crippen LogP contribution >= 0.6 is 23.5 Å². The van der Waals surface area contributed by atoms with E-state index in [9.17, 15) is 29.7 Å². The van der Waals surface area contributed by atoms with Crippen LogP contribution in [0.4, 0.5) is 0 Å². The van der Waals surface area contributed by atoms with Crippen LogP contribution in [-0.2, 0) is 32.0 Å². The molecule has 4 saturated heterocycles. The zero-order valence-electron chi connectivity index (χ0n) is 29.7. The van der Waals surface area contributed by atoms with Crippen molar-refractivity contribution in [3.05, 3.63) is 71.8 Å². The van der Waals surface area contributed by atoms with Crippen LogP contribution in [0, 0.1) is 40.4 Å². The summed E-state index contributed by atoms with van der Waals surface area (Å²) in [5, 5.41) is 22.7. The Balaban J connectivity index is 1.19. The second-order valence-corrected chi connectivity index (χ2v) is 17.2. The summed E-state index contributed by atoms with van der Waals surface area (Å²) in [6, 6.07) is 22.7. The van der Waals surface area contributed by atoms with E-state index < -0.39 is 35.9 Å². The lowest BCUT2D eigenvalue weighted by molar-refractivity contribution is -0.141. The van der Waals surface area contributed by atoms with Crippen molar-refractivity contribution < 1.29 is 19.2 Å². The van der Waals surface area contributed by atoms with Crippen molar-refractivity contribution >= 4 is 47.0 Å². The summed E-state index contributed by atoms with van der Waals surface area (Å²) >= 11 is 3.42. The highest BCUT2D eigenvalue weighted by molar-refractivity contribution is 8.00. The monoisotopic (exact) mass is 739 g/mol. The number of benzene rings is 2. The standard InChI is InChI=1S/C41H49N5O4S2/c42-26-33-13-7-15-37-45(33)40(49)32(19-21-51-37)25-36(47)30(23-28-9-3-1-4-10-28)17-18-31(24-29-11-5-2-6-12-29)39(48)44-35-20-22-52-38-16-8-14-34(27-43)46(38)41(35)50/h1-6,9-12,30-35,37-38H,7-8,13-25H2,(H,44,48)/t30-,31-,32-,33+,34+,35+,37+,38+/m1/s1. The predicted molar refractivity (Wildman–Crippen MR) is 203 cm³/mol. The Morgan fingerprint density at radius 2 is 1.23 bits per heavy atom. The Kier molecular flexibility index (Phi) is 13.4. The molecular weight excluding hydrogens is 691 g/mol. The minimum Gasteiger partial charge on any atom is -0.344 e. The number of Topliss-reactive ketones (excluding diaryl/α,β-unsaturated/α-hetero) is 1. The third kappa shape index (κ3) is 9.22. The molecule has 4 fully saturated rings. The van der Waals surface area contributed by atoms with Crippen molar-refractivity contribution in [1.82, 2.24) is 15.1 Å². The van der Waals surface area contributed by atoms with Gasteiger partial charge >= 0.3 is 0 Å². The van der Waals surface area contributed by atoms with Crippen molar-refractivity contribution in [3.8, 4) is 12.1 Å². The molecule has 2 aromatic rings. The van der Waals surface area contributed by atoms with E-state index in [2.05, 4.69) is 17.5 Å². The van der Waals surface area contributed by atoms with Gasteiger partial charge in [0.05, 0.1) is 22.9 Å². The van der Waals surface area contributed by atoms with E-state index in [1.54, 1.807) is 33.3 Å². The predicted octanol–water partition coefficient (Wildman–Crippen LogP) is 6.28. The zero-order valence-corrected chi connectivity index (χ0v) is 31.4. The summed E-state index contributed by atoms with van der Waals surface area (Å²) in [5.74, 6) is -0.293. The Hall–Kier alpha value is -3.80. The number of nitrogens with one attached hydrogen (secondary N) is 1. The number of hydrogen-bond donors (Lipinski definition) is 1. The molecule has 11 heteroatoms. The summed E-state index contributed by atoms with van der Waals surface area (Å²) < 4.78 is 0. The van der Waals surface area contributed by atoms with E-state index in [4.69, 9.17) is 0 Å². The van der Waals surface area contributed by atoms with Crippen molar-refractivity contribution in [2.45, 2.75) is 112 Å². The molecule has 274 valence electrons. The van der Waals surface area contributed by atoms with Gasteiger partial charge in [-0.15, -0.1) is 23.5 Å². The summed E-state index contributed by atoms with van der Waals surface area (Å²) in [7, 11) is 0. The Morgan fingerprint density at radius 1 is 0.712 bits per heavy atom. The van der Waals surface area contributed by atoms with E-state index in [1.807, 2.05) is 60.7 Å². The minimum atomic E-state index is -0.700. The molecule has 4 aliphatic rings. The zero-order chi connectivity index (χ0) is 36.5. The molecule has 52 heavy (non-hydrogen) atoms. The number of piperidine rings is 2. The summed E-state index contributed by atoms with van der Waals surface area (Å²) in [4.78, 5) is 59.7. The van der Waals surface area contributed by atoms with Gasteiger partial charge in [0.2, 0.25) is 17.7 Å². The fourth-order valence-electron chi connectivity index (χ4n) is 8.33. The second-order valence-electron chi connectivity index (χ2n) is 14.7. The van der Waals surface area contributed by atoms with Crippen LogP contribution < -0.4 is 5.32 Å². The minimum absolute atomic E-state index is 0.00565. The number of nitriles is 2. The number of rotatable bonds is 12. The number of carbonyl (C=O) groups is 4. The van der Waals surface area contributed by atoms with Gasteiger partial charge in [0.25, 0.3) is 0 Å². The van der Waals surface area contributed by atoms with Gasteiger partial charge in [-0.2, -0.15) is 10.5 Å². The first-order chi connectivity index (χ1) is 25.4. The molecule has 0 radical (unpaired) electrons.